The number of aryl methyl sites for hydroxylation is 2. The van der Waals surface area contributed by atoms with Crippen LogP contribution in [-0.2, 0) is 4.79 Å². The average molecular weight is 378 g/mol. The van der Waals surface area contributed by atoms with E-state index in [0.29, 0.717) is 18.2 Å². The van der Waals surface area contributed by atoms with Crippen molar-refractivity contribution in [3.05, 3.63) is 58.6 Å². The van der Waals surface area contributed by atoms with Crippen molar-refractivity contribution in [1.29, 1.82) is 0 Å². The summed E-state index contributed by atoms with van der Waals surface area (Å²) in [5, 5.41) is 3.53. The molecule has 0 spiro atoms. The Morgan fingerprint density at radius 2 is 1.80 bits per heavy atom. The summed E-state index contributed by atoms with van der Waals surface area (Å²) in [6.45, 7) is 7.04. The Labute approximate surface area is 159 Å². The molecule has 25 heavy (non-hydrogen) atoms. The van der Waals surface area contributed by atoms with E-state index in [4.69, 9.17) is 16.3 Å². The molecular weight excluding hydrogens is 354 g/mol. The Kier molecular flexibility index (Phi) is 7.66. The number of ether oxygens (including phenoxy) is 1. The lowest BCUT2D eigenvalue weighted by Gasteiger charge is -2.15. The molecule has 5 heteroatoms. The molecular formula is C20H24ClNO2S. The summed E-state index contributed by atoms with van der Waals surface area (Å²) in [7, 11) is 0. The van der Waals surface area contributed by atoms with Crippen LogP contribution in [-0.4, -0.2) is 24.3 Å². The van der Waals surface area contributed by atoms with E-state index in [0.717, 1.165) is 17.1 Å². The number of carbonyl (C=O) groups excluding carboxylic acids is 1. The quantitative estimate of drug-likeness (QED) is 0.518. The van der Waals surface area contributed by atoms with Gasteiger partial charge in [-0.2, -0.15) is 0 Å². The summed E-state index contributed by atoms with van der Waals surface area (Å²) in [6, 6.07) is 13.7. The molecule has 0 saturated carbocycles. The minimum Gasteiger partial charge on any atom is -0.492 e. The van der Waals surface area contributed by atoms with Gasteiger partial charge in [0.2, 0.25) is 5.91 Å². The molecule has 0 bridgehead atoms. The molecule has 2 rings (SSSR count). The van der Waals surface area contributed by atoms with Gasteiger partial charge in [-0.3, -0.25) is 4.79 Å². The van der Waals surface area contributed by atoms with E-state index in [1.165, 1.54) is 11.1 Å². The van der Waals surface area contributed by atoms with Gasteiger partial charge < -0.3 is 10.1 Å². The third kappa shape index (κ3) is 6.63. The van der Waals surface area contributed by atoms with E-state index >= 15 is 0 Å². The first-order valence-electron chi connectivity index (χ1n) is 8.39. The van der Waals surface area contributed by atoms with Crippen LogP contribution >= 0.6 is 23.4 Å². The van der Waals surface area contributed by atoms with Crippen molar-refractivity contribution in [2.24, 2.45) is 0 Å². The molecule has 0 saturated heterocycles. The Morgan fingerprint density at radius 1 is 1.16 bits per heavy atom. The fraction of sp³-hybridized carbons (Fsp3) is 0.350. The fourth-order valence-corrected chi connectivity index (χ4v) is 3.58. The highest BCUT2D eigenvalue weighted by molar-refractivity contribution is 8.00. The van der Waals surface area contributed by atoms with Gasteiger partial charge in [-0.25, -0.2) is 0 Å². The first-order valence-corrected chi connectivity index (χ1v) is 9.64. The predicted octanol–water partition coefficient (Wildman–Crippen LogP) is 5.02. The van der Waals surface area contributed by atoms with Gasteiger partial charge in [0.25, 0.3) is 0 Å². The predicted molar refractivity (Wildman–Crippen MR) is 106 cm³/mol. The maximum Gasteiger partial charge on any atom is 0.233 e. The average Bonchev–Trinajstić information content (AvgIpc) is 2.57. The van der Waals surface area contributed by atoms with E-state index in [9.17, 15) is 4.79 Å². The maximum atomic E-state index is 12.4. The molecule has 0 aliphatic heterocycles. The lowest BCUT2D eigenvalue weighted by Crippen LogP contribution is -2.35. The van der Waals surface area contributed by atoms with Crippen LogP contribution < -0.4 is 10.1 Å². The number of benzene rings is 2. The van der Waals surface area contributed by atoms with Crippen molar-refractivity contribution >= 4 is 29.3 Å². The lowest BCUT2D eigenvalue weighted by atomic mass is 10.1. The van der Waals surface area contributed by atoms with Crippen LogP contribution in [0.5, 0.6) is 5.75 Å². The van der Waals surface area contributed by atoms with Crippen molar-refractivity contribution < 1.29 is 9.53 Å². The number of carbonyl (C=O) groups is 1. The Hall–Kier alpha value is -1.65. The van der Waals surface area contributed by atoms with Gasteiger partial charge in [-0.1, -0.05) is 24.6 Å². The molecule has 134 valence electrons. The van der Waals surface area contributed by atoms with E-state index in [2.05, 4.69) is 11.4 Å². The Balaban J connectivity index is 1.78. The largest absolute Gasteiger partial charge is 0.492 e. The Morgan fingerprint density at radius 3 is 2.40 bits per heavy atom. The van der Waals surface area contributed by atoms with Crippen LogP contribution in [0, 0.1) is 13.8 Å². The first kappa shape index (κ1) is 19.7. The highest BCUT2D eigenvalue weighted by atomic mass is 35.5. The smallest absolute Gasteiger partial charge is 0.233 e. The second-order valence-electron chi connectivity index (χ2n) is 5.93. The van der Waals surface area contributed by atoms with Crippen molar-refractivity contribution in [3.8, 4) is 5.75 Å². The number of nitrogens with one attached hydrogen (secondary N) is 1. The van der Waals surface area contributed by atoms with Gasteiger partial charge in [-0.05, 0) is 67.8 Å². The number of amides is 1. The molecule has 2 aromatic rings. The zero-order chi connectivity index (χ0) is 18.2. The number of halogens is 1. The SMILES string of the molecule is CC[C@H](Sc1ccc(Cl)cc1)C(=O)NCCOc1cc(C)cc(C)c1. The van der Waals surface area contributed by atoms with E-state index in [-0.39, 0.29) is 11.2 Å². The van der Waals surface area contributed by atoms with Gasteiger partial charge in [0.15, 0.2) is 0 Å². The molecule has 0 radical (unpaired) electrons. The van der Waals surface area contributed by atoms with Crippen LogP contribution in [0.15, 0.2) is 47.4 Å². The van der Waals surface area contributed by atoms with Gasteiger partial charge >= 0.3 is 0 Å². The summed E-state index contributed by atoms with van der Waals surface area (Å²) >= 11 is 7.45. The summed E-state index contributed by atoms with van der Waals surface area (Å²) < 4.78 is 5.73. The number of rotatable bonds is 8. The number of hydrogen-bond acceptors (Lipinski definition) is 3. The first-order chi connectivity index (χ1) is 12.0. The molecule has 3 nitrogen and oxygen atoms in total. The molecule has 1 amide bonds. The molecule has 1 atom stereocenters. The molecule has 1 N–H and O–H groups in total. The third-order valence-corrected chi connectivity index (χ3v) is 5.25. The standard InChI is InChI=1S/C20H24ClNO2S/c1-4-19(25-18-7-5-16(21)6-8-18)20(23)22-9-10-24-17-12-14(2)11-15(3)13-17/h5-8,11-13,19H,4,9-10H2,1-3H3,(H,22,23)/t19-/m0/s1. The fourth-order valence-electron chi connectivity index (χ4n) is 2.47. The zero-order valence-electron chi connectivity index (χ0n) is 14.8. The number of thioether (sulfide) groups is 1. The highest BCUT2D eigenvalue weighted by Crippen LogP contribution is 2.26. The summed E-state index contributed by atoms with van der Waals surface area (Å²) in [4.78, 5) is 13.4. The van der Waals surface area contributed by atoms with Crippen molar-refractivity contribution in [3.63, 3.8) is 0 Å². The molecule has 0 aromatic heterocycles. The van der Waals surface area contributed by atoms with Crippen LogP contribution in [0.1, 0.15) is 24.5 Å². The lowest BCUT2D eigenvalue weighted by molar-refractivity contribution is -0.120. The monoisotopic (exact) mass is 377 g/mol. The van der Waals surface area contributed by atoms with Crippen molar-refractivity contribution in [2.45, 2.75) is 37.3 Å². The summed E-state index contributed by atoms with van der Waals surface area (Å²) in [6.07, 6.45) is 0.761. The second-order valence-corrected chi connectivity index (χ2v) is 7.64. The molecule has 0 unspecified atom stereocenters. The summed E-state index contributed by atoms with van der Waals surface area (Å²) in [5.74, 6) is 0.876. The molecule has 2 aromatic carbocycles. The van der Waals surface area contributed by atoms with E-state index in [1.807, 2.05) is 57.2 Å². The number of hydrogen-bond donors (Lipinski definition) is 1. The highest BCUT2D eigenvalue weighted by Gasteiger charge is 2.17. The maximum absolute atomic E-state index is 12.4. The van der Waals surface area contributed by atoms with Gasteiger partial charge in [0.05, 0.1) is 11.8 Å². The third-order valence-electron chi connectivity index (χ3n) is 3.62. The van der Waals surface area contributed by atoms with Gasteiger partial charge in [0, 0.05) is 9.92 Å². The Bertz CT molecular complexity index is 683. The van der Waals surface area contributed by atoms with Crippen molar-refractivity contribution in [1.82, 2.24) is 5.32 Å². The second kappa shape index (κ2) is 9.73. The van der Waals surface area contributed by atoms with Crippen LogP contribution in [0.25, 0.3) is 0 Å². The van der Waals surface area contributed by atoms with E-state index in [1.54, 1.807) is 11.8 Å². The van der Waals surface area contributed by atoms with Crippen LogP contribution in [0.2, 0.25) is 5.02 Å². The van der Waals surface area contributed by atoms with Crippen LogP contribution in [0.3, 0.4) is 0 Å². The molecule has 0 fully saturated rings. The molecule has 0 heterocycles. The minimum absolute atomic E-state index is 0.0338. The van der Waals surface area contributed by atoms with Crippen LogP contribution in [0.4, 0.5) is 0 Å². The van der Waals surface area contributed by atoms with E-state index < -0.39 is 0 Å². The zero-order valence-corrected chi connectivity index (χ0v) is 16.4. The molecule has 0 aliphatic rings. The van der Waals surface area contributed by atoms with Gasteiger partial charge in [0.1, 0.15) is 12.4 Å². The normalized spacial score (nSPS) is 11.8. The van der Waals surface area contributed by atoms with Crippen molar-refractivity contribution in [2.75, 3.05) is 13.2 Å². The molecule has 0 aliphatic carbocycles. The topological polar surface area (TPSA) is 38.3 Å². The minimum atomic E-state index is -0.123. The summed E-state index contributed by atoms with van der Waals surface area (Å²) in [5.41, 5.74) is 2.34. The van der Waals surface area contributed by atoms with Gasteiger partial charge in [-0.15, -0.1) is 11.8 Å².